The zero-order valence-corrected chi connectivity index (χ0v) is 12.0. The first-order valence-electron chi connectivity index (χ1n) is 7.01. The monoisotopic (exact) mass is 278 g/mol. The van der Waals surface area contributed by atoms with Gasteiger partial charge in [-0.25, -0.2) is 4.79 Å². The van der Waals surface area contributed by atoms with Crippen LogP contribution in [0.5, 0.6) is 5.75 Å². The predicted molar refractivity (Wildman–Crippen MR) is 76.9 cm³/mol. The molecule has 1 aliphatic rings. The normalized spacial score (nSPS) is 18.1. The lowest BCUT2D eigenvalue weighted by atomic mass is 10.1. The minimum Gasteiger partial charge on any atom is -0.491 e. The first-order chi connectivity index (χ1) is 9.60. The van der Waals surface area contributed by atoms with E-state index < -0.39 is 0 Å². The van der Waals surface area contributed by atoms with E-state index in [0.717, 1.165) is 23.3 Å². The molecule has 2 amide bonds. The first kappa shape index (κ1) is 14.7. The third kappa shape index (κ3) is 3.63. The molecule has 1 aromatic rings. The molecule has 0 fully saturated rings. The molecule has 1 aromatic carbocycles. The zero-order valence-electron chi connectivity index (χ0n) is 12.0. The molecule has 0 radical (unpaired) electrons. The molecule has 2 rings (SSSR count). The molecule has 110 valence electrons. The van der Waals surface area contributed by atoms with E-state index in [-0.39, 0.29) is 24.7 Å². The summed E-state index contributed by atoms with van der Waals surface area (Å²) in [6.45, 7) is 4.57. The summed E-state index contributed by atoms with van der Waals surface area (Å²) < 4.78 is 5.56. The van der Waals surface area contributed by atoms with Crippen molar-refractivity contribution in [3.05, 3.63) is 29.3 Å². The van der Waals surface area contributed by atoms with Gasteiger partial charge >= 0.3 is 6.03 Å². The maximum absolute atomic E-state index is 11.9. The molecule has 2 atom stereocenters. The molecule has 20 heavy (non-hydrogen) atoms. The number of carbonyl (C=O) groups is 1. The molecule has 5 nitrogen and oxygen atoms in total. The van der Waals surface area contributed by atoms with Crippen LogP contribution in [0, 0.1) is 6.92 Å². The topological polar surface area (TPSA) is 70.6 Å². The van der Waals surface area contributed by atoms with Crippen molar-refractivity contribution in [3.8, 4) is 5.75 Å². The van der Waals surface area contributed by atoms with Crippen LogP contribution in [-0.2, 0) is 0 Å². The molecule has 0 bridgehead atoms. The molecule has 0 aromatic heterocycles. The standard InChI is InChI=1S/C15H22N2O3/c1-10-5-6-14-12(8-10)13(9-20-14)17-15(19)16-11(2)4-3-7-18/h5-6,8,11,13,18H,3-4,7,9H2,1-2H3,(H2,16,17,19). The summed E-state index contributed by atoms with van der Waals surface area (Å²) in [5, 5.41) is 14.6. The number of ether oxygens (including phenoxy) is 1. The molecule has 0 spiro atoms. The van der Waals surface area contributed by atoms with Crippen LogP contribution in [0.15, 0.2) is 18.2 Å². The van der Waals surface area contributed by atoms with Gasteiger partial charge in [0.05, 0.1) is 6.04 Å². The van der Waals surface area contributed by atoms with Crippen LogP contribution < -0.4 is 15.4 Å². The van der Waals surface area contributed by atoms with E-state index in [4.69, 9.17) is 9.84 Å². The van der Waals surface area contributed by atoms with Gasteiger partial charge in [-0.15, -0.1) is 0 Å². The van der Waals surface area contributed by atoms with Crippen molar-refractivity contribution in [1.82, 2.24) is 10.6 Å². The average molecular weight is 278 g/mol. The lowest BCUT2D eigenvalue weighted by molar-refractivity contribution is 0.226. The third-order valence-corrected chi connectivity index (χ3v) is 3.42. The van der Waals surface area contributed by atoms with E-state index in [1.165, 1.54) is 0 Å². The van der Waals surface area contributed by atoms with Crippen molar-refractivity contribution in [2.75, 3.05) is 13.2 Å². The van der Waals surface area contributed by atoms with E-state index >= 15 is 0 Å². The highest BCUT2D eigenvalue weighted by Crippen LogP contribution is 2.32. The van der Waals surface area contributed by atoms with Gasteiger partial charge in [0, 0.05) is 18.2 Å². The molecule has 5 heteroatoms. The van der Waals surface area contributed by atoms with Crippen LogP contribution in [-0.4, -0.2) is 30.4 Å². The molecule has 1 heterocycles. The second-order valence-corrected chi connectivity index (χ2v) is 5.29. The van der Waals surface area contributed by atoms with Crippen molar-refractivity contribution >= 4 is 6.03 Å². The fourth-order valence-corrected chi connectivity index (χ4v) is 2.35. The number of amides is 2. The number of nitrogens with one attached hydrogen (secondary N) is 2. The van der Waals surface area contributed by atoms with Crippen LogP contribution in [0.1, 0.15) is 36.9 Å². The SMILES string of the molecule is Cc1ccc2c(c1)C(NC(=O)NC(C)CCCO)CO2. The molecule has 1 aliphatic heterocycles. The van der Waals surface area contributed by atoms with Gasteiger partial charge in [-0.1, -0.05) is 17.7 Å². The second kappa shape index (κ2) is 6.61. The Kier molecular flexibility index (Phi) is 4.84. The van der Waals surface area contributed by atoms with Crippen LogP contribution in [0.25, 0.3) is 0 Å². The van der Waals surface area contributed by atoms with E-state index in [2.05, 4.69) is 10.6 Å². The third-order valence-electron chi connectivity index (χ3n) is 3.42. The molecule has 0 saturated heterocycles. The van der Waals surface area contributed by atoms with Gasteiger partial charge < -0.3 is 20.5 Å². The highest BCUT2D eigenvalue weighted by molar-refractivity contribution is 5.75. The van der Waals surface area contributed by atoms with E-state index in [1.54, 1.807) is 0 Å². The van der Waals surface area contributed by atoms with E-state index in [0.29, 0.717) is 13.0 Å². The maximum Gasteiger partial charge on any atom is 0.315 e. The van der Waals surface area contributed by atoms with Crippen LogP contribution in [0.4, 0.5) is 4.79 Å². The molecular formula is C15H22N2O3. The van der Waals surface area contributed by atoms with Crippen molar-refractivity contribution in [2.45, 2.75) is 38.8 Å². The van der Waals surface area contributed by atoms with Gasteiger partial charge in [-0.05, 0) is 32.8 Å². The Labute approximate surface area is 119 Å². The number of hydrogen-bond acceptors (Lipinski definition) is 3. The lowest BCUT2D eigenvalue weighted by Crippen LogP contribution is -2.42. The van der Waals surface area contributed by atoms with Crippen molar-refractivity contribution in [3.63, 3.8) is 0 Å². The van der Waals surface area contributed by atoms with Crippen LogP contribution in [0.2, 0.25) is 0 Å². The summed E-state index contributed by atoms with van der Waals surface area (Å²) in [5.74, 6) is 0.842. The first-order valence-corrected chi connectivity index (χ1v) is 7.01. The number of benzene rings is 1. The Morgan fingerprint density at radius 3 is 3.10 bits per heavy atom. The van der Waals surface area contributed by atoms with Crippen LogP contribution >= 0.6 is 0 Å². The molecular weight excluding hydrogens is 256 g/mol. The van der Waals surface area contributed by atoms with Crippen molar-refractivity contribution in [1.29, 1.82) is 0 Å². The predicted octanol–water partition coefficient (Wildman–Crippen LogP) is 1.89. The number of fused-ring (bicyclic) bond motifs is 1. The number of hydrogen-bond donors (Lipinski definition) is 3. The Bertz CT molecular complexity index is 476. The number of rotatable bonds is 5. The minimum atomic E-state index is -0.196. The average Bonchev–Trinajstić information content (AvgIpc) is 2.79. The molecule has 0 aliphatic carbocycles. The fraction of sp³-hybridized carbons (Fsp3) is 0.533. The summed E-state index contributed by atoms with van der Waals surface area (Å²) in [4.78, 5) is 11.9. The number of carbonyl (C=O) groups excluding carboxylic acids is 1. The Morgan fingerprint density at radius 2 is 2.35 bits per heavy atom. The van der Waals surface area contributed by atoms with Gasteiger partial charge in [0.25, 0.3) is 0 Å². The summed E-state index contributed by atoms with van der Waals surface area (Å²) >= 11 is 0. The smallest absolute Gasteiger partial charge is 0.315 e. The van der Waals surface area contributed by atoms with Crippen molar-refractivity contribution in [2.24, 2.45) is 0 Å². The number of aliphatic hydroxyl groups excluding tert-OH is 1. The van der Waals surface area contributed by atoms with Gasteiger partial charge in [0.1, 0.15) is 12.4 Å². The van der Waals surface area contributed by atoms with Crippen molar-refractivity contribution < 1.29 is 14.6 Å². The van der Waals surface area contributed by atoms with Gasteiger partial charge in [0.15, 0.2) is 0 Å². The van der Waals surface area contributed by atoms with Crippen LogP contribution in [0.3, 0.4) is 0 Å². The molecule has 0 saturated carbocycles. The molecule has 3 N–H and O–H groups in total. The zero-order chi connectivity index (χ0) is 14.5. The van der Waals surface area contributed by atoms with E-state index in [1.807, 2.05) is 32.0 Å². The summed E-state index contributed by atoms with van der Waals surface area (Å²) in [7, 11) is 0. The second-order valence-electron chi connectivity index (χ2n) is 5.29. The molecule has 2 unspecified atom stereocenters. The van der Waals surface area contributed by atoms with E-state index in [9.17, 15) is 4.79 Å². The quantitative estimate of drug-likeness (QED) is 0.770. The van der Waals surface area contributed by atoms with Gasteiger partial charge in [0.2, 0.25) is 0 Å². The minimum absolute atomic E-state index is 0.0430. The van der Waals surface area contributed by atoms with Gasteiger partial charge in [-0.3, -0.25) is 0 Å². The Hall–Kier alpha value is -1.75. The Morgan fingerprint density at radius 1 is 1.55 bits per heavy atom. The summed E-state index contributed by atoms with van der Waals surface area (Å²) in [6.07, 6.45) is 1.46. The number of aliphatic hydroxyl groups is 1. The summed E-state index contributed by atoms with van der Waals surface area (Å²) in [5.41, 5.74) is 2.18. The lowest BCUT2D eigenvalue weighted by Gasteiger charge is -2.17. The Balaban J connectivity index is 1.89. The maximum atomic E-state index is 11.9. The highest BCUT2D eigenvalue weighted by atomic mass is 16.5. The highest BCUT2D eigenvalue weighted by Gasteiger charge is 2.25. The summed E-state index contributed by atoms with van der Waals surface area (Å²) in [6, 6.07) is 5.73. The largest absolute Gasteiger partial charge is 0.491 e. The number of aryl methyl sites for hydroxylation is 1. The number of urea groups is 1. The van der Waals surface area contributed by atoms with Gasteiger partial charge in [-0.2, -0.15) is 0 Å². The fourth-order valence-electron chi connectivity index (χ4n) is 2.35.